The zero-order chi connectivity index (χ0) is 17.1. The Morgan fingerprint density at radius 2 is 2.22 bits per heavy atom. The highest BCUT2D eigenvalue weighted by atomic mass is 19.1. The summed E-state index contributed by atoms with van der Waals surface area (Å²) < 4.78 is 13.4. The number of carbonyl (C=O) groups is 2. The minimum absolute atomic E-state index is 0.0969. The van der Waals surface area contributed by atoms with Crippen molar-refractivity contribution < 1.29 is 19.1 Å². The molecular formula is C17H23FN2O3. The number of benzene rings is 1. The lowest BCUT2D eigenvalue weighted by Gasteiger charge is -2.22. The van der Waals surface area contributed by atoms with E-state index in [2.05, 4.69) is 0 Å². The maximum atomic E-state index is 13.4. The molecule has 1 aliphatic rings. The molecule has 0 aliphatic carbocycles. The van der Waals surface area contributed by atoms with Crippen molar-refractivity contribution in [2.75, 3.05) is 25.0 Å². The van der Waals surface area contributed by atoms with Crippen LogP contribution in [0.25, 0.3) is 0 Å². The zero-order valence-corrected chi connectivity index (χ0v) is 13.8. The number of aliphatic hydroxyl groups excluding tert-OH is 1. The van der Waals surface area contributed by atoms with Crippen LogP contribution < -0.4 is 4.90 Å². The monoisotopic (exact) mass is 322 g/mol. The number of carbonyl (C=O) groups excluding carboxylic acids is 2. The van der Waals surface area contributed by atoms with Gasteiger partial charge in [-0.2, -0.15) is 0 Å². The van der Waals surface area contributed by atoms with E-state index in [1.54, 1.807) is 37.9 Å². The molecule has 2 amide bonds. The Bertz CT molecular complexity index is 604. The van der Waals surface area contributed by atoms with Crippen LogP contribution in [-0.4, -0.2) is 48.1 Å². The normalized spacial score (nSPS) is 19.1. The molecule has 126 valence electrons. The molecule has 0 bridgehead atoms. The Balaban J connectivity index is 2.04. The van der Waals surface area contributed by atoms with Gasteiger partial charge in [0, 0.05) is 32.2 Å². The summed E-state index contributed by atoms with van der Waals surface area (Å²) in [7, 11) is 1.68. The van der Waals surface area contributed by atoms with E-state index in [0.29, 0.717) is 30.8 Å². The number of anilines is 1. The standard InChI is InChI=1S/C17H23FN2O3/c1-11-8-14(4-5-15(11)18)20-10-13(9-16(20)22)17(23)19(3)7-6-12(2)21/h4-5,8,12-13,21H,6-7,9-10H2,1-3H3. The summed E-state index contributed by atoms with van der Waals surface area (Å²) in [5, 5.41) is 9.30. The van der Waals surface area contributed by atoms with E-state index in [1.165, 1.54) is 11.0 Å². The summed E-state index contributed by atoms with van der Waals surface area (Å²) in [4.78, 5) is 27.7. The molecule has 1 aromatic rings. The number of hydrogen-bond donors (Lipinski definition) is 1. The quantitative estimate of drug-likeness (QED) is 0.898. The zero-order valence-electron chi connectivity index (χ0n) is 13.8. The van der Waals surface area contributed by atoms with Crippen LogP contribution in [0.15, 0.2) is 18.2 Å². The summed E-state index contributed by atoms with van der Waals surface area (Å²) in [5.74, 6) is -0.934. The number of halogens is 1. The highest BCUT2D eigenvalue weighted by Gasteiger charge is 2.36. The molecule has 0 saturated carbocycles. The van der Waals surface area contributed by atoms with Gasteiger partial charge in [-0.3, -0.25) is 9.59 Å². The third kappa shape index (κ3) is 4.07. The van der Waals surface area contributed by atoms with Crippen molar-refractivity contribution in [1.29, 1.82) is 0 Å². The Labute approximate surface area is 135 Å². The minimum Gasteiger partial charge on any atom is -0.393 e. The first-order chi connectivity index (χ1) is 10.8. The molecule has 2 atom stereocenters. The second kappa shape index (κ2) is 7.08. The number of hydrogen-bond acceptors (Lipinski definition) is 3. The maximum absolute atomic E-state index is 13.4. The van der Waals surface area contributed by atoms with Gasteiger partial charge in [0.15, 0.2) is 0 Å². The van der Waals surface area contributed by atoms with Gasteiger partial charge in [0.25, 0.3) is 0 Å². The molecule has 0 aromatic heterocycles. The van der Waals surface area contributed by atoms with Crippen LogP contribution in [0.4, 0.5) is 10.1 Å². The molecule has 2 unspecified atom stereocenters. The van der Waals surface area contributed by atoms with E-state index < -0.39 is 12.0 Å². The van der Waals surface area contributed by atoms with Crippen molar-refractivity contribution in [3.63, 3.8) is 0 Å². The third-order valence-corrected chi connectivity index (χ3v) is 4.19. The van der Waals surface area contributed by atoms with Gasteiger partial charge in [0.05, 0.1) is 12.0 Å². The highest BCUT2D eigenvalue weighted by Crippen LogP contribution is 2.27. The SMILES string of the molecule is Cc1cc(N2CC(C(=O)N(C)CCC(C)O)CC2=O)ccc1F. The van der Waals surface area contributed by atoms with Gasteiger partial charge in [0.1, 0.15) is 5.82 Å². The molecular weight excluding hydrogens is 299 g/mol. The van der Waals surface area contributed by atoms with Crippen LogP contribution in [0.2, 0.25) is 0 Å². The van der Waals surface area contributed by atoms with E-state index >= 15 is 0 Å². The molecule has 0 spiro atoms. The Hall–Kier alpha value is -1.95. The van der Waals surface area contributed by atoms with E-state index in [0.717, 1.165) is 0 Å². The molecule has 0 radical (unpaired) electrons. The van der Waals surface area contributed by atoms with E-state index in [9.17, 15) is 19.1 Å². The smallest absolute Gasteiger partial charge is 0.227 e. The topological polar surface area (TPSA) is 60.9 Å². The average Bonchev–Trinajstić information content (AvgIpc) is 2.88. The van der Waals surface area contributed by atoms with E-state index in [4.69, 9.17) is 0 Å². The molecule has 23 heavy (non-hydrogen) atoms. The van der Waals surface area contributed by atoms with Crippen molar-refractivity contribution in [1.82, 2.24) is 4.90 Å². The summed E-state index contributed by atoms with van der Waals surface area (Å²) in [5.41, 5.74) is 1.09. The van der Waals surface area contributed by atoms with Gasteiger partial charge >= 0.3 is 0 Å². The second-order valence-corrected chi connectivity index (χ2v) is 6.24. The fourth-order valence-electron chi connectivity index (χ4n) is 2.72. The van der Waals surface area contributed by atoms with Crippen LogP contribution in [0.5, 0.6) is 0 Å². The largest absolute Gasteiger partial charge is 0.393 e. The minimum atomic E-state index is -0.464. The van der Waals surface area contributed by atoms with Crippen LogP contribution >= 0.6 is 0 Å². The fraction of sp³-hybridized carbons (Fsp3) is 0.529. The van der Waals surface area contributed by atoms with Crippen LogP contribution in [0.3, 0.4) is 0 Å². The van der Waals surface area contributed by atoms with Crippen LogP contribution in [0, 0.1) is 18.7 Å². The van der Waals surface area contributed by atoms with Crippen LogP contribution in [0.1, 0.15) is 25.3 Å². The van der Waals surface area contributed by atoms with E-state index in [-0.39, 0.29) is 24.1 Å². The van der Waals surface area contributed by atoms with Crippen molar-refractivity contribution in [3.8, 4) is 0 Å². The van der Waals surface area contributed by atoms with Crippen LogP contribution in [-0.2, 0) is 9.59 Å². The first-order valence-corrected chi connectivity index (χ1v) is 7.79. The first-order valence-electron chi connectivity index (χ1n) is 7.79. The molecule has 1 aliphatic heterocycles. The Morgan fingerprint density at radius 3 is 2.83 bits per heavy atom. The molecule has 1 aromatic carbocycles. The second-order valence-electron chi connectivity index (χ2n) is 6.24. The van der Waals surface area contributed by atoms with Crippen molar-refractivity contribution in [3.05, 3.63) is 29.6 Å². The maximum Gasteiger partial charge on any atom is 0.227 e. The molecule has 1 N–H and O–H groups in total. The lowest BCUT2D eigenvalue weighted by Crippen LogP contribution is -2.36. The van der Waals surface area contributed by atoms with E-state index in [1.807, 2.05) is 0 Å². The average molecular weight is 322 g/mol. The predicted octanol–water partition coefficient (Wildman–Crippen LogP) is 1.72. The molecule has 2 rings (SSSR count). The van der Waals surface area contributed by atoms with Gasteiger partial charge in [-0.05, 0) is 44.0 Å². The van der Waals surface area contributed by atoms with Crippen molar-refractivity contribution >= 4 is 17.5 Å². The number of amides is 2. The van der Waals surface area contributed by atoms with Gasteiger partial charge in [-0.1, -0.05) is 0 Å². The van der Waals surface area contributed by atoms with Gasteiger partial charge in [0.2, 0.25) is 11.8 Å². The number of rotatable bonds is 5. The predicted molar refractivity (Wildman–Crippen MR) is 85.5 cm³/mol. The van der Waals surface area contributed by atoms with Gasteiger partial charge < -0.3 is 14.9 Å². The Morgan fingerprint density at radius 1 is 1.52 bits per heavy atom. The summed E-state index contributed by atoms with van der Waals surface area (Å²) in [6, 6.07) is 4.52. The Kier molecular flexibility index (Phi) is 5.36. The van der Waals surface area contributed by atoms with Gasteiger partial charge in [-0.25, -0.2) is 4.39 Å². The molecule has 1 fully saturated rings. The summed E-state index contributed by atoms with van der Waals surface area (Å²) >= 11 is 0. The number of aliphatic hydroxyl groups is 1. The summed E-state index contributed by atoms with van der Waals surface area (Å²) in [6.45, 7) is 4.08. The first kappa shape index (κ1) is 17.4. The number of nitrogens with zero attached hydrogens (tertiary/aromatic N) is 2. The third-order valence-electron chi connectivity index (χ3n) is 4.19. The molecule has 6 heteroatoms. The molecule has 5 nitrogen and oxygen atoms in total. The lowest BCUT2D eigenvalue weighted by molar-refractivity contribution is -0.134. The summed E-state index contributed by atoms with van der Waals surface area (Å²) in [6.07, 6.45) is 0.201. The fourth-order valence-corrected chi connectivity index (χ4v) is 2.72. The van der Waals surface area contributed by atoms with Gasteiger partial charge in [-0.15, -0.1) is 0 Å². The number of aryl methyl sites for hydroxylation is 1. The van der Waals surface area contributed by atoms with Crippen molar-refractivity contribution in [2.24, 2.45) is 5.92 Å². The molecule has 1 heterocycles. The van der Waals surface area contributed by atoms with Crippen molar-refractivity contribution in [2.45, 2.75) is 32.8 Å². The molecule has 1 saturated heterocycles. The highest BCUT2D eigenvalue weighted by molar-refractivity contribution is 6.00. The lowest BCUT2D eigenvalue weighted by atomic mass is 10.1.